The molecule has 0 radical (unpaired) electrons. The van der Waals surface area contributed by atoms with Gasteiger partial charge in [0.2, 0.25) is 0 Å². The second-order valence-corrected chi connectivity index (χ2v) is 10.1. The molecule has 0 saturated heterocycles. The predicted octanol–water partition coefficient (Wildman–Crippen LogP) is 9.17. The highest BCUT2D eigenvalue weighted by molar-refractivity contribution is 5.96. The van der Waals surface area contributed by atoms with Crippen molar-refractivity contribution in [3.05, 3.63) is 143 Å². The zero-order valence-electron chi connectivity index (χ0n) is 24.2. The van der Waals surface area contributed by atoms with Gasteiger partial charge in [0.1, 0.15) is 0 Å². The molecule has 0 fully saturated rings. The Morgan fingerprint density at radius 3 is 1.59 bits per heavy atom. The summed E-state index contributed by atoms with van der Waals surface area (Å²) < 4.78 is 0. The third-order valence-electron chi connectivity index (χ3n) is 6.74. The first-order valence-corrected chi connectivity index (χ1v) is 13.5. The SMILES string of the molecule is Cc1c(C(=O)O)cccc1C(=O)O.Cc1c[nH]c(-c2ccc(C(C)C)cc2)c1-c1ccccc1.Cc1ccccc1. The van der Waals surface area contributed by atoms with Crippen molar-refractivity contribution in [1.82, 2.24) is 4.98 Å². The maximum absolute atomic E-state index is 10.6. The number of carboxylic acids is 2. The van der Waals surface area contributed by atoms with Crippen molar-refractivity contribution in [2.45, 2.75) is 40.5 Å². The van der Waals surface area contributed by atoms with Gasteiger partial charge in [0, 0.05) is 11.8 Å². The summed E-state index contributed by atoms with van der Waals surface area (Å²) in [7, 11) is 0. The van der Waals surface area contributed by atoms with Crippen LogP contribution in [0.3, 0.4) is 0 Å². The smallest absolute Gasteiger partial charge is 0.335 e. The van der Waals surface area contributed by atoms with Crippen molar-refractivity contribution in [3.63, 3.8) is 0 Å². The Balaban J connectivity index is 0.000000196. The van der Waals surface area contributed by atoms with Gasteiger partial charge in [-0.25, -0.2) is 9.59 Å². The number of H-pyrrole nitrogens is 1. The second-order valence-electron chi connectivity index (χ2n) is 10.1. The van der Waals surface area contributed by atoms with Gasteiger partial charge in [-0.3, -0.25) is 0 Å². The van der Waals surface area contributed by atoms with Gasteiger partial charge in [-0.05, 0) is 66.6 Å². The van der Waals surface area contributed by atoms with Crippen molar-refractivity contribution >= 4 is 11.9 Å². The largest absolute Gasteiger partial charge is 0.478 e. The van der Waals surface area contributed by atoms with Crippen LogP contribution in [0.4, 0.5) is 0 Å². The zero-order valence-corrected chi connectivity index (χ0v) is 24.2. The van der Waals surface area contributed by atoms with Gasteiger partial charge in [-0.15, -0.1) is 0 Å². The minimum atomic E-state index is -1.11. The van der Waals surface area contributed by atoms with Crippen LogP contribution in [0.15, 0.2) is 109 Å². The highest BCUT2D eigenvalue weighted by Gasteiger charge is 2.14. The molecule has 0 aliphatic carbocycles. The van der Waals surface area contributed by atoms with E-state index in [0.717, 1.165) is 0 Å². The van der Waals surface area contributed by atoms with E-state index in [4.69, 9.17) is 10.2 Å². The Morgan fingerprint density at radius 1 is 0.634 bits per heavy atom. The molecule has 1 heterocycles. The van der Waals surface area contributed by atoms with Gasteiger partial charge in [-0.1, -0.05) is 110 Å². The molecule has 0 saturated carbocycles. The van der Waals surface area contributed by atoms with Crippen LogP contribution in [-0.2, 0) is 0 Å². The number of aromatic nitrogens is 1. The fraction of sp³-hybridized carbons (Fsp3) is 0.167. The summed E-state index contributed by atoms with van der Waals surface area (Å²) in [6.45, 7) is 10.2. The minimum Gasteiger partial charge on any atom is -0.478 e. The van der Waals surface area contributed by atoms with Gasteiger partial charge < -0.3 is 15.2 Å². The van der Waals surface area contributed by atoms with Gasteiger partial charge >= 0.3 is 11.9 Å². The molecular weight excluding hydrogens is 510 g/mol. The number of benzene rings is 4. The monoisotopic (exact) mass is 547 g/mol. The highest BCUT2D eigenvalue weighted by Crippen LogP contribution is 2.34. The van der Waals surface area contributed by atoms with E-state index in [-0.39, 0.29) is 16.7 Å². The number of hydrogen-bond donors (Lipinski definition) is 3. The van der Waals surface area contributed by atoms with Crippen LogP contribution in [0.1, 0.15) is 62.7 Å². The van der Waals surface area contributed by atoms with Crippen LogP contribution in [0, 0.1) is 20.8 Å². The standard InChI is InChI=1S/C20H21N.C9H8O4.C7H8/c1-14(2)16-9-11-18(12-10-16)20-19(15(3)13-21-20)17-7-5-4-6-8-17;1-5-6(8(10)11)3-2-4-7(5)9(12)13;1-7-5-3-2-4-6-7/h4-14,21H,1-3H3;2-4H,1H3,(H,10,11)(H,12,13);2-6H,1H3. The Morgan fingerprint density at radius 2 is 1.15 bits per heavy atom. The normalized spacial score (nSPS) is 10.2. The molecule has 0 bridgehead atoms. The summed E-state index contributed by atoms with van der Waals surface area (Å²) in [6.07, 6.45) is 2.09. The molecule has 0 spiro atoms. The molecule has 5 heteroatoms. The summed E-state index contributed by atoms with van der Waals surface area (Å²) >= 11 is 0. The Bertz CT molecular complexity index is 1540. The molecule has 5 rings (SSSR count). The van der Waals surface area contributed by atoms with Crippen LogP contribution in [0.2, 0.25) is 0 Å². The van der Waals surface area contributed by atoms with Crippen molar-refractivity contribution in [2.75, 3.05) is 0 Å². The molecule has 0 unspecified atom stereocenters. The minimum absolute atomic E-state index is 0.0277. The number of carboxylic acid groups (broad SMARTS) is 2. The molecule has 4 aromatic carbocycles. The molecule has 0 atom stereocenters. The van der Waals surface area contributed by atoms with E-state index in [0.29, 0.717) is 5.92 Å². The third kappa shape index (κ3) is 8.29. The maximum Gasteiger partial charge on any atom is 0.335 e. The first kappa shape index (κ1) is 30.6. The van der Waals surface area contributed by atoms with E-state index >= 15 is 0 Å². The van der Waals surface area contributed by atoms with E-state index in [1.807, 2.05) is 18.2 Å². The average Bonchev–Trinajstić information content (AvgIpc) is 3.35. The lowest BCUT2D eigenvalue weighted by molar-refractivity contribution is 0.0696. The fourth-order valence-electron chi connectivity index (χ4n) is 4.39. The van der Waals surface area contributed by atoms with Gasteiger partial charge in [0.25, 0.3) is 0 Å². The molecule has 0 aliphatic heterocycles. The lowest BCUT2D eigenvalue weighted by Gasteiger charge is -2.09. The number of carbonyl (C=O) groups is 2. The van der Waals surface area contributed by atoms with Crippen LogP contribution >= 0.6 is 0 Å². The molecule has 0 amide bonds. The summed E-state index contributed by atoms with van der Waals surface area (Å²) in [5.41, 5.74) is 9.32. The van der Waals surface area contributed by atoms with Crippen LogP contribution in [-0.4, -0.2) is 27.1 Å². The Kier molecular flexibility index (Phi) is 10.8. The van der Waals surface area contributed by atoms with Crippen molar-refractivity contribution in [1.29, 1.82) is 0 Å². The predicted molar refractivity (Wildman–Crippen MR) is 167 cm³/mol. The third-order valence-corrected chi connectivity index (χ3v) is 6.74. The summed E-state index contributed by atoms with van der Waals surface area (Å²) in [5.74, 6) is -1.65. The van der Waals surface area contributed by atoms with Crippen LogP contribution in [0.25, 0.3) is 22.4 Å². The fourth-order valence-corrected chi connectivity index (χ4v) is 4.39. The lowest BCUT2D eigenvalue weighted by Crippen LogP contribution is -2.06. The summed E-state index contributed by atoms with van der Waals surface area (Å²) in [5, 5.41) is 17.4. The lowest BCUT2D eigenvalue weighted by atomic mass is 9.96. The topological polar surface area (TPSA) is 90.4 Å². The second kappa shape index (κ2) is 14.5. The van der Waals surface area contributed by atoms with Crippen molar-refractivity contribution < 1.29 is 19.8 Å². The average molecular weight is 548 g/mol. The molecular formula is C36H37NO4. The number of aromatic carboxylic acids is 2. The summed E-state index contributed by atoms with van der Waals surface area (Å²) in [4.78, 5) is 24.6. The number of hydrogen-bond acceptors (Lipinski definition) is 2. The molecule has 0 aliphatic rings. The van der Waals surface area contributed by atoms with Crippen molar-refractivity contribution in [2.24, 2.45) is 0 Å². The van der Waals surface area contributed by atoms with E-state index in [1.165, 1.54) is 64.2 Å². The van der Waals surface area contributed by atoms with E-state index in [9.17, 15) is 9.59 Å². The van der Waals surface area contributed by atoms with Crippen LogP contribution in [0.5, 0.6) is 0 Å². The molecule has 1 aromatic heterocycles. The maximum atomic E-state index is 10.6. The first-order valence-electron chi connectivity index (χ1n) is 13.5. The summed E-state index contributed by atoms with van der Waals surface area (Å²) in [6, 6.07) is 33.9. The molecule has 41 heavy (non-hydrogen) atoms. The number of aryl methyl sites for hydroxylation is 2. The number of nitrogens with one attached hydrogen (secondary N) is 1. The van der Waals surface area contributed by atoms with Crippen LogP contribution < -0.4 is 0 Å². The molecule has 5 nitrogen and oxygen atoms in total. The van der Waals surface area contributed by atoms with E-state index in [1.54, 1.807) is 0 Å². The first-order chi connectivity index (χ1) is 19.6. The molecule has 3 N–H and O–H groups in total. The number of aromatic amines is 1. The highest BCUT2D eigenvalue weighted by atomic mass is 16.4. The van der Waals surface area contributed by atoms with Gasteiger partial charge in [0.05, 0.1) is 16.8 Å². The quantitative estimate of drug-likeness (QED) is 0.205. The van der Waals surface area contributed by atoms with E-state index in [2.05, 4.69) is 106 Å². The molecule has 5 aromatic rings. The Hall–Kier alpha value is -4.90. The van der Waals surface area contributed by atoms with E-state index < -0.39 is 11.9 Å². The van der Waals surface area contributed by atoms with Crippen molar-refractivity contribution in [3.8, 4) is 22.4 Å². The number of rotatable bonds is 5. The van der Waals surface area contributed by atoms with Gasteiger partial charge in [-0.2, -0.15) is 0 Å². The molecule has 210 valence electrons. The zero-order chi connectivity index (χ0) is 29.9. The Labute approximate surface area is 242 Å². The van der Waals surface area contributed by atoms with Gasteiger partial charge in [0.15, 0.2) is 0 Å².